The molecule has 1 aromatic carbocycles. The van der Waals surface area contributed by atoms with Gasteiger partial charge in [-0.05, 0) is 13.3 Å². The van der Waals surface area contributed by atoms with Crippen LogP contribution in [0, 0.1) is 11.6 Å². The Morgan fingerprint density at radius 1 is 1.40 bits per heavy atom. The fraction of sp³-hybridized carbons (Fsp3) is 0.462. The molecule has 0 heterocycles. The van der Waals surface area contributed by atoms with Crippen molar-refractivity contribution in [1.29, 1.82) is 0 Å². The molecule has 0 saturated heterocycles. The van der Waals surface area contributed by atoms with E-state index < -0.39 is 29.0 Å². The summed E-state index contributed by atoms with van der Waals surface area (Å²) >= 11 is 0. The lowest BCUT2D eigenvalue weighted by Gasteiger charge is -2.27. The van der Waals surface area contributed by atoms with Crippen LogP contribution in [-0.2, 0) is 0 Å². The number of nitrogens with one attached hydrogen (secondary N) is 2. The van der Waals surface area contributed by atoms with E-state index in [4.69, 9.17) is 0 Å². The van der Waals surface area contributed by atoms with Crippen LogP contribution in [0.3, 0.4) is 0 Å². The van der Waals surface area contributed by atoms with Gasteiger partial charge < -0.3 is 20.5 Å². The number of aliphatic hydroxyl groups is 1. The minimum atomic E-state index is -0.914. The minimum Gasteiger partial charge on any atom is -0.491 e. The maximum absolute atomic E-state index is 13.5. The van der Waals surface area contributed by atoms with Crippen LogP contribution >= 0.6 is 0 Å². The van der Waals surface area contributed by atoms with Gasteiger partial charge in [-0.2, -0.15) is 0 Å². The molecule has 1 rings (SSSR count). The normalized spacial score (nSPS) is 13.5. The molecule has 7 heteroatoms. The average molecular weight is 288 g/mol. The Morgan fingerprint density at radius 2 is 1.95 bits per heavy atom. The molecular formula is C13H18F2N2O3. The number of amides is 2. The third-order valence-electron chi connectivity index (χ3n) is 3.00. The Morgan fingerprint density at radius 3 is 2.35 bits per heavy atom. The first kappa shape index (κ1) is 16.2. The van der Waals surface area contributed by atoms with E-state index in [0.717, 1.165) is 19.2 Å². The number of carbonyl (C=O) groups is 1. The number of hydrogen-bond acceptors (Lipinski definition) is 3. The standard InChI is InChI=1S/C13H18F2N2O3/c1-4-13(2,7-18)17-12(19)16-8-5-9(14)11(20-3)10(15)6-8/h5-6,18H,4,7H2,1-3H3,(H2,16,17,19). The first-order chi connectivity index (χ1) is 9.35. The summed E-state index contributed by atoms with van der Waals surface area (Å²) in [5, 5.41) is 14.0. The second kappa shape index (κ2) is 6.51. The predicted octanol–water partition coefficient (Wildman–Crippen LogP) is 2.26. The van der Waals surface area contributed by atoms with Gasteiger partial charge in [0.05, 0.1) is 19.3 Å². The molecule has 0 aliphatic heterocycles. The maximum atomic E-state index is 13.5. The molecule has 0 aromatic heterocycles. The quantitative estimate of drug-likeness (QED) is 0.778. The molecule has 0 fully saturated rings. The largest absolute Gasteiger partial charge is 0.491 e. The number of aliphatic hydroxyl groups excluding tert-OH is 1. The Kier molecular flexibility index (Phi) is 5.26. The number of halogens is 2. The molecule has 0 aliphatic carbocycles. The molecular weight excluding hydrogens is 270 g/mol. The molecule has 1 unspecified atom stereocenters. The van der Waals surface area contributed by atoms with Crippen LogP contribution in [0.2, 0.25) is 0 Å². The van der Waals surface area contributed by atoms with E-state index in [1.54, 1.807) is 13.8 Å². The monoisotopic (exact) mass is 288 g/mol. The highest BCUT2D eigenvalue weighted by Crippen LogP contribution is 2.25. The fourth-order valence-corrected chi connectivity index (χ4v) is 1.50. The van der Waals surface area contributed by atoms with Crippen LogP contribution in [0.25, 0.3) is 0 Å². The van der Waals surface area contributed by atoms with E-state index in [2.05, 4.69) is 15.4 Å². The minimum absolute atomic E-state index is 0.0466. The van der Waals surface area contributed by atoms with Gasteiger partial charge in [0.2, 0.25) is 0 Å². The zero-order chi connectivity index (χ0) is 15.3. The van der Waals surface area contributed by atoms with Gasteiger partial charge in [0.1, 0.15) is 0 Å². The van der Waals surface area contributed by atoms with Crippen LogP contribution in [0.4, 0.5) is 19.3 Å². The summed E-state index contributed by atoms with van der Waals surface area (Å²) in [7, 11) is 1.15. The third kappa shape index (κ3) is 3.80. The van der Waals surface area contributed by atoms with Crippen molar-refractivity contribution in [3.8, 4) is 5.75 Å². The lowest BCUT2D eigenvalue weighted by molar-refractivity contribution is 0.172. The molecule has 0 saturated carbocycles. The second-order valence-electron chi connectivity index (χ2n) is 4.62. The van der Waals surface area contributed by atoms with Crippen LogP contribution in [0.1, 0.15) is 20.3 Å². The molecule has 0 spiro atoms. The topological polar surface area (TPSA) is 70.6 Å². The lowest BCUT2D eigenvalue weighted by atomic mass is 10.0. The molecule has 0 aliphatic rings. The molecule has 1 atom stereocenters. The molecule has 3 N–H and O–H groups in total. The Hall–Kier alpha value is -1.89. The smallest absolute Gasteiger partial charge is 0.319 e. The number of methoxy groups -OCH3 is 1. The van der Waals surface area contributed by atoms with Crippen molar-refractivity contribution in [2.45, 2.75) is 25.8 Å². The van der Waals surface area contributed by atoms with Crippen LogP contribution in [0.5, 0.6) is 5.75 Å². The van der Waals surface area contributed by atoms with Gasteiger partial charge in [-0.25, -0.2) is 13.6 Å². The van der Waals surface area contributed by atoms with Crippen LogP contribution in [0.15, 0.2) is 12.1 Å². The highest BCUT2D eigenvalue weighted by Gasteiger charge is 2.23. The van der Waals surface area contributed by atoms with Crippen molar-refractivity contribution in [2.24, 2.45) is 0 Å². The van der Waals surface area contributed by atoms with E-state index in [0.29, 0.717) is 6.42 Å². The lowest BCUT2D eigenvalue weighted by Crippen LogP contribution is -2.50. The number of hydrogen-bond donors (Lipinski definition) is 3. The van der Waals surface area contributed by atoms with Gasteiger partial charge in [0.25, 0.3) is 0 Å². The number of anilines is 1. The Balaban J connectivity index is 2.82. The van der Waals surface area contributed by atoms with E-state index in [9.17, 15) is 18.7 Å². The first-order valence-corrected chi connectivity index (χ1v) is 6.08. The van der Waals surface area contributed by atoms with E-state index in [1.165, 1.54) is 0 Å². The van der Waals surface area contributed by atoms with Gasteiger partial charge in [-0.1, -0.05) is 6.92 Å². The molecule has 20 heavy (non-hydrogen) atoms. The number of ether oxygens (including phenoxy) is 1. The van der Waals surface area contributed by atoms with Crippen molar-refractivity contribution in [3.05, 3.63) is 23.8 Å². The number of carbonyl (C=O) groups excluding carboxylic acids is 1. The molecule has 1 aromatic rings. The predicted molar refractivity (Wildman–Crippen MR) is 70.8 cm³/mol. The van der Waals surface area contributed by atoms with Crippen molar-refractivity contribution < 1.29 is 23.4 Å². The molecule has 5 nitrogen and oxygen atoms in total. The summed E-state index contributed by atoms with van der Waals surface area (Å²) in [5.41, 5.74) is -0.845. The highest BCUT2D eigenvalue weighted by atomic mass is 19.1. The van der Waals surface area contributed by atoms with Crippen molar-refractivity contribution >= 4 is 11.7 Å². The Bertz CT molecular complexity index is 467. The second-order valence-corrected chi connectivity index (χ2v) is 4.62. The summed E-state index contributed by atoms with van der Waals surface area (Å²) in [6.07, 6.45) is 0.502. The van der Waals surface area contributed by atoms with Gasteiger partial charge >= 0.3 is 6.03 Å². The molecule has 0 radical (unpaired) electrons. The molecule has 112 valence electrons. The summed E-state index contributed by atoms with van der Waals surface area (Å²) in [4.78, 5) is 11.7. The summed E-state index contributed by atoms with van der Waals surface area (Å²) < 4.78 is 31.5. The zero-order valence-corrected chi connectivity index (χ0v) is 11.6. The van der Waals surface area contributed by atoms with Crippen molar-refractivity contribution in [3.63, 3.8) is 0 Å². The van der Waals surface area contributed by atoms with Gasteiger partial charge in [0.15, 0.2) is 17.4 Å². The number of rotatable bonds is 5. The van der Waals surface area contributed by atoms with Gasteiger partial charge in [-0.3, -0.25) is 0 Å². The van der Waals surface area contributed by atoms with Crippen molar-refractivity contribution in [2.75, 3.05) is 19.0 Å². The van der Waals surface area contributed by atoms with E-state index in [-0.39, 0.29) is 12.3 Å². The number of urea groups is 1. The van der Waals surface area contributed by atoms with Gasteiger partial charge in [0, 0.05) is 17.8 Å². The van der Waals surface area contributed by atoms with Crippen LogP contribution in [-0.4, -0.2) is 30.4 Å². The maximum Gasteiger partial charge on any atom is 0.319 e. The van der Waals surface area contributed by atoms with Crippen LogP contribution < -0.4 is 15.4 Å². The zero-order valence-electron chi connectivity index (χ0n) is 11.6. The summed E-state index contributed by atoms with van der Waals surface area (Å²) in [6.45, 7) is 3.20. The van der Waals surface area contributed by atoms with Crippen molar-refractivity contribution in [1.82, 2.24) is 5.32 Å². The Labute approximate surface area is 115 Å². The fourth-order valence-electron chi connectivity index (χ4n) is 1.50. The first-order valence-electron chi connectivity index (χ1n) is 6.08. The van der Waals surface area contributed by atoms with Gasteiger partial charge in [-0.15, -0.1) is 0 Å². The van der Waals surface area contributed by atoms with E-state index in [1.807, 2.05) is 0 Å². The third-order valence-corrected chi connectivity index (χ3v) is 3.00. The summed E-state index contributed by atoms with van der Waals surface area (Å²) in [6, 6.07) is 1.24. The molecule has 0 bridgehead atoms. The SMILES string of the molecule is CCC(C)(CO)NC(=O)Nc1cc(F)c(OC)c(F)c1. The molecule has 2 amide bonds. The average Bonchev–Trinajstić information content (AvgIpc) is 2.38. The highest BCUT2D eigenvalue weighted by molar-refractivity contribution is 5.89. The summed E-state index contributed by atoms with van der Waals surface area (Å²) in [5.74, 6) is -2.34. The van der Waals surface area contributed by atoms with E-state index >= 15 is 0 Å². The number of benzene rings is 1.